The van der Waals surface area contributed by atoms with Crippen LogP contribution in [0.3, 0.4) is 0 Å². The third-order valence-electron chi connectivity index (χ3n) is 5.13. The zero-order valence-corrected chi connectivity index (χ0v) is 20.5. The quantitative estimate of drug-likeness (QED) is 0.625. The molecule has 0 unspecified atom stereocenters. The van der Waals surface area contributed by atoms with Crippen molar-refractivity contribution < 1.29 is 19.1 Å². The molecule has 178 valence electrons. The summed E-state index contributed by atoms with van der Waals surface area (Å²) in [6.45, 7) is 8.63. The van der Waals surface area contributed by atoms with Gasteiger partial charge in [-0.3, -0.25) is 0 Å². The van der Waals surface area contributed by atoms with Gasteiger partial charge in [-0.05, 0) is 46.6 Å². The van der Waals surface area contributed by atoms with Gasteiger partial charge in [0, 0.05) is 24.2 Å². The fraction of sp³-hybridized carbons (Fsp3) is 0.455. The molecule has 2 heterocycles. The van der Waals surface area contributed by atoms with Crippen molar-refractivity contribution in [3.63, 3.8) is 0 Å². The van der Waals surface area contributed by atoms with Gasteiger partial charge in [-0.15, -0.1) is 0 Å². The van der Waals surface area contributed by atoms with E-state index in [9.17, 15) is 9.59 Å². The van der Waals surface area contributed by atoms with Crippen LogP contribution in [0.25, 0.3) is 11.3 Å². The molecule has 0 aliphatic carbocycles. The minimum atomic E-state index is -1.02. The Morgan fingerprint density at radius 2 is 1.88 bits per heavy atom. The number of carbonyl (C=O) groups is 2. The first-order chi connectivity index (χ1) is 15.4. The van der Waals surface area contributed by atoms with E-state index in [1.807, 2.05) is 32.6 Å². The Morgan fingerprint density at radius 3 is 2.48 bits per heavy atom. The van der Waals surface area contributed by atoms with Gasteiger partial charge < -0.3 is 25.4 Å². The fourth-order valence-corrected chi connectivity index (χ4v) is 3.85. The van der Waals surface area contributed by atoms with Gasteiger partial charge in [0.25, 0.3) is 5.88 Å². The third kappa shape index (κ3) is 6.39. The number of nitrogens with zero attached hydrogens (tertiary/aromatic N) is 3. The summed E-state index contributed by atoms with van der Waals surface area (Å²) in [5.41, 5.74) is 4.96. The number of anilines is 1. The van der Waals surface area contributed by atoms with Crippen molar-refractivity contribution in [2.75, 3.05) is 18.0 Å². The summed E-state index contributed by atoms with van der Waals surface area (Å²) >= 11 is 12.4. The van der Waals surface area contributed by atoms with Crippen LogP contribution in [-0.4, -0.2) is 46.4 Å². The van der Waals surface area contributed by atoms with Crippen LogP contribution in [0, 0.1) is 0 Å². The van der Waals surface area contributed by atoms with Gasteiger partial charge in [-0.25, -0.2) is 14.6 Å². The van der Waals surface area contributed by atoms with Crippen molar-refractivity contribution in [2.24, 2.45) is 5.73 Å². The lowest BCUT2D eigenvalue weighted by molar-refractivity contribution is 0.0448. The molecule has 1 aromatic carbocycles. The first-order valence-corrected chi connectivity index (χ1v) is 11.2. The van der Waals surface area contributed by atoms with Crippen molar-refractivity contribution in [1.82, 2.24) is 15.3 Å². The Bertz CT molecular complexity index is 1050. The first-order valence-electron chi connectivity index (χ1n) is 10.4. The van der Waals surface area contributed by atoms with Crippen molar-refractivity contribution in [2.45, 2.75) is 51.7 Å². The highest BCUT2D eigenvalue weighted by molar-refractivity contribution is 6.43. The molecule has 9 nitrogen and oxygen atoms in total. The fourth-order valence-electron chi connectivity index (χ4n) is 3.46. The summed E-state index contributed by atoms with van der Waals surface area (Å²) in [5.74, 6) is 0.442. The van der Waals surface area contributed by atoms with Crippen LogP contribution in [-0.2, 0) is 4.74 Å². The van der Waals surface area contributed by atoms with Crippen LogP contribution < -0.4 is 20.7 Å². The molecular formula is C22H27Cl2N5O4. The van der Waals surface area contributed by atoms with E-state index in [1.165, 1.54) is 0 Å². The molecule has 1 aliphatic rings. The maximum Gasteiger partial charge on any atom is 0.411 e. The van der Waals surface area contributed by atoms with Gasteiger partial charge in [0.15, 0.2) is 5.82 Å². The van der Waals surface area contributed by atoms with Gasteiger partial charge in [0.1, 0.15) is 11.3 Å². The number of primary amides is 1. The lowest BCUT2D eigenvalue weighted by atomic mass is 9.90. The molecule has 0 atom stereocenters. The van der Waals surface area contributed by atoms with Crippen LogP contribution in [0.4, 0.5) is 15.4 Å². The molecule has 3 N–H and O–H groups in total. The van der Waals surface area contributed by atoms with E-state index in [2.05, 4.69) is 15.3 Å². The highest BCUT2D eigenvalue weighted by Gasteiger charge is 2.34. The van der Waals surface area contributed by atoms with E-state index in [0.29, 0.717) is 42.3 Å². The highest BCUT2D eigenvalue weighted by atomic mass is 35.5. The minimum Gasteiger partial charge on any atom is -0.444 e. The van der Waals surface area contributed by atoms with Crippen LogP contribution in [0.2, 0.25) is 10.0 Å². The summed E-state index contributed by atoms with van der Waals surface area (Å²) in [7, 11) is 0. The normalized spacial score (nSPS) is 15.6. The number of piperidine rings is 1. The van der Waals surface area contributed by atoms with Crippen molar-refractivity contribution in [3.05, 3.63) is 34.4 Å². The SMILES string of the molecule is CC1(NC(=O)OC(C)(C)C)CCN(c2cnc(-c3cccc(Cl)c3Cl)c(OC(N)=O)n2)CC1. The molecule has 2 aromatic rings. The van der Waals surface area contributed by atoms with Gasteiger partial charge >= 0.3 is 12.2 Å². The summed E-state index contributed by atoms with van der Waals surface area (Å²) in [6.07, 6.45) is 1.42. The molecule has 0 bridgehead atoms. The lowest BCUT2D eigenvalue weighted by Gasteiger charge is -2.40. The second-order valence-electron chi connectivity index (χ2n) is 9.08. The van der Waals surface area contributed by atoms with Gasteiger partial charge in [-0.1, -0.05) is 35.3 Å². The number of nitrogens with two attached hydrogens (primary N) is 1. The molecule has 11 heteroatoms. The monoisotopic (exact) mass is 495 g/mol. The molecule has 1 aliphatic heterocycles. The standard InChI is InChI=1S/C22H27Cl2N5O4/c1-21(2,3)33-20(31)28-22(4)8-10-29(11-9-22)15-12-26-17(18(27-15)32-19(25)30)13-6-5-7-14(23)16(13)24/h5-7,12H,8-11H2,1-4H3,(H2,25,30)(H,28,31). The Kier molecular flexibility index (Phi) is 7.23. The van der Waals surface area contributed by atoms with E-state index in [4.69, 9.17) is 38.4 Å². The molecule has 1 saturated heterocycles. The molecule has 0 saturated carbocycles. The number of nitrogens with one attached hydrogen (secondary N) is 1. The number of amides is 2. The van der Waals surface area contributed by atoms with E-state index < -0.39 is 23.3 Å². The molecule has 0 radical (unpaired) electrons. The van der Waals surface area contributed by atoms with Crippen LogP contribution in [0.1, 0.15) is 40.5 Å². The largest absolute Gasteiger partial charge is 0.444 e. The predicted octanol–water partition coefficient (Wildman–Crippen LogP) is 4.79. The second-order valence-corrected chi connectivity index (χ2v) is 9.86. The van der Waals surface area contributed by atoms with Crippen molar-refractivity contribution in [1.29, 1.82) is 0 Å². The van der Waals surface area contributed by atoms with E-state index in [1.54, 1.807) is 24.4 Å². The number of aromatic nitrogens is 2. The van der Waals surface area contributed by atoms with E-state index >= 15 is 0 Å². The molecular weight excluding hydrogens is 469 g/mol. The zero-order valence-electron chi connectivity index (χ0n) is 18.9. The van der Waals surface area contributed by atoms with Gasteiger partial charge in [-0.2, -0.15) is 4.98 Å². The molecule has 1 fully saturated rings. The number of alkyl carbamates (subject to hydrolysis) is 1. The third-order valence-corrected chi connectivity index (χ3v) is 5.94. The molecule has 1 aromatic heterocycles. The van der Waals surface area contributed by atoms with Crippen molar-refractivity contribution >= 4 is 41.2 Å². The number of ether oxygens (including phenoxy) is 2. The summed E-state index contributed by atoms with van der Waals surface area (Å²) in [4.78, 5) is 34.6. The minimum absolute atomic E-state index is 0.0654. The topological polar surface area (TPSA) is 120 Å². The number of halogens is 2. The van der Waals surface area contributed by atoms with Gasteiger partial charge in [0.2, 0.25) is 0 Å². The number of benzene rings is 1. The summed E-state index contributed by atoms with van der Waals surface area (Å²) in [6, 6.07) is 5.04. The lowest BCUT2D eigenvalue weighted by Crippen LogP contribution is -2.54. The molecule has 33 heavy (non-hydrogen) atoms. The first kappa shape index (κ1) is 24.9. The number of carbonyl (C=O) groups excluding carboxylic acids is 2. The average molecular weight is 496 g/mol. The van der Waals surface area contributed by atoms with E-state index in [0.717, 1.165) is 0 Å². The van der Waals surface area contributed by atoms with E-state index in [-0.39, 0.29) is 16.6 Å². The Hall–Kier alpha value is -2.78. The average Bonchev–Trinajstić information content (AvgIpc) is 2.68. The zero-order chi connectivity index (χ0) is 24.4. The van der Waals surface area contributed by atoms with Crippen LogP contribution in [0.5, 0.6) is 5.88 Å². The second kappa shape index (κ2) is 9.61. The predicted molar refractivity (Wildman–Crippen MR) is 127 cm³/mol. The molecule has 3 rings (SSSR count). The smallest absolute Gasteiger partial charge is 0.411 e. The summed E-state index contributed by atoms with van der Waals surface area (Å²) in [5, 5.41) is 3.56. The van der Waals surface area contributed by atoms with Crippen LogP contribution in [0.15, 0.2) is 24.4 Å². The Labute approximate surface area is 202 Å². The number of hydrogen-bond donors (Lipinski definition) is 2. The van der Waals surface area contributed by atoms with Gasteiger partial charge in [0.05, 0.1) is 16.2 Å². The van der Waals surface area contributed by atoms with Crippen molar-refractivity contribution in [3.8, 4) is 17.1 Å². The highest BCUT2D eigenvalue weighted by Crippen LogP contribution is 2.37. The number of hydrogen-bond acceptors (Lipinski definition) is 7. The molecule has 2 amide bonds. The maximum atomic E-state index is 12.2. The maximum absolute atomic E-state index is 12.2. The van der Waals surface area contributed by atoms with Crippen LogP contribution >= 0.6 is 23.2 Å². The Balaban J connectivity index is 1.79. The number of rotatable bonds is 4. The molecule has 0 spiro atoms. The summed E-state index contributed by atoms with van der Waals surface area (Å²) < 4.78 is 10.5. The Morgan fingerprint density at radius 1 is 1.21 bits per heavy atom.